The predicted octanol–water partition coefficient (Wildman–Crippen LogP) is 3.36. The Labute approximate surface area is 115 Å². The molecular weight excluding hydrogens is 242 g/mol. The fraction of sp³-hybridized carbons (Fsp3) is 0.786. The summed E-state index contributed by atoms with van der Waals surface area (Å²) in [7, 11) is 2.18. The summed E-state index contributed by atoms with van der Waals surface area (Å²) in [6.45, 7) is 9.78. The molecule has 3 nitrogen and oxygen atoms in total. The minimum Gasteiger partial charge on any atom is -0.348 e. The molecule has 1 N–H and O–H groups in total. The summed E-state index contributed by atoms with van der Waals surface area (Å²) < 4.78 is 0. The van der Waals surface area contributed by atoms with Gasteiger partial charge in [-0.1, -0.05) is 27.7 Å². The molecule has 0 aliphatic heterocycles. The van der Waals surface area contributed by atoms with Gasteiger partial charge in [-0.25, -0.2) is 4.98 Å². The summed E-state index contributed by atoms with van der Waals surface area (Å²) in [5, 5.41) is 4.70. The molecule has 0 bridgehead atoms. The van der Waals surface area contributed by atoms with Crippen molar-refractivity contribution in [1.29, 1.82) is 0 Å². The van der Waals surface area contributed by atoms with Crippen LogP contribution in [0, 0.1) is 0 Å². The van der Waals surface area contributed by atoms with E-state index >= 15 is 0 Å². The second kappa shape index (κ2) is 5.57. The molecule has 2 rings (SSSR count). The van der Waals surface area contributed by atoms with Crippen molar-refractivity contribution in [3.05, 3.63) is 10.6 Å². The molecule has 1 heterocycles. The summed E-state index contributed by atoms with van der Waals surface area (Å²) in [4.78, 5) is 8.61. The lowest BCUT2D eigenvalue weighted by Gasteiger charge is -2.13. The number of rotatable bonds is 6. The highest BCUT2D eigenvalue weighted by atomic mass is 32.1. The van der Waals surface area contributed by atoms with E-state index < -0.39 is 0 Å². The van der Waals surface area contributed by atoms with E-state index in [1.54, 1.807) is 0 Å². The minimum absolute atomic E-state index is 0.506. The molecule has 1 aromatic rings. The van der Waals surface area contributed by atoms with Crippen molar-refractivity contribution in [2.45, 2.75) is 65.1 Å². The quantitative estimate of drug-likeness (QED) is 0.856. The average molecular weight is 267 g/mol. The van der Waals surface area contributed by atoms with Crippen LogP contribution in [0.5, 0.6) is 0 Å². The van der Waals surface area contributed by atoms with Crippen LogP contribution in [0.3, 0.4) is 0 Å². The van der Waals surface area contributed by atoms with Gasteiger partial charge in [-0.2, -0.15) is 0 Å². The molecule has 0 unspecified atom stereocenters. The number of thiazole rings is 1. The zero-order valence-corrected chi connectivity index (χ0v) is 13.0. The van der Waals surface area contributed by atoms with Crippen molar-refractivity contribution in [2.75, 3.05) is 11.9 Å². The zero-order valence-electron chi connectivity index (χ0n) is 12.2. The van der Waals surface area contributed by atoms with Gasteiger partial charge in [0.05, 0.1) is 5.69 Å². The van der Waals surface area contributed by atoms with Crippen LogP contribution in [0.1, 0.15) is 57.0 Å². The Kier molecular flexibility index (Phi) is 4.28. The van der Waals surface area contributed by atoms with Crippen LogP contribution in [0.25, 0.3) is 0 Å². The third-order valence-corrected chi connectivity index (χ3v) is 4.49. The second-order valence-corrected chi connectivity index (χ2v) is 6.90. The van der Waals surface area contributed by atoms with E-state index in [1.807, 2.05) is 11.3 Å². The normalized spacial score (nSPS) is 15.7. The van der Waals surface area contributed by atoms with Crippen molar-refractivity contribution < 1.29 is 0 Å². The van der Waals surface area contributed by atoms with Gasteiger partial charge < -0.3 is 10.2 Å². The van der Waals surface area contributed by atoms with Gasteiger partial charge >= 0.3 is 0 Å². The highest BCUT2D eigenvalue weighted by Gasteiger charge is 2.29. The average Bonchev–Trinajstić information content (AvgIpc) is 3.04. The van der Waals surface area contributed by atoms with Crippen LogP contribution in [-0.4, -0.2) is 24.1 Å². The monoisotopic (exact) mass is 267 g/mol. The first-order valence-electron chi connectivity index (χ1n) is 6.94. The Hall–Kier alpha value is -0.610. The first kappa shape index (κ1) is 13.8. The molecule has 0 aromatic carbocycles. The maximum absolute atomic E-state index is 4.85. The van der Waals surface area contributed by atoms with Gasteiger partial charge in [-0.3, -0.25) is 0 Å². The van der Waals surface area contributed by atoms with Crippen molar-refractivity contribution in [3.63, 3.8) is 0 Å². The van der Waals surface area contributed by atoms with E-state index in [0.29, 0.717) is 12.0 Å². The van der Waals surface area contributed by atoms with Gasteiger partial charge in [0.15, 0.2) is 5.13 Å². The molecule has 18 heavy (non-hydrogen) atoms. The van der Waals surface area contributed by atoms with Crippen molar-refractivity contribution >= 4 is 16.5 Å². The van der Waals surface area contributed by atoms with Gasteiger partial charge in [-0.15, -0.1) is 11.3 Å². The SMILES string of the molecule is CC(C)NCc1sc(N(C)C2CC2)nc1C(C)C. The number of anilines is 1. The van der Waals surface area contributed by atoms with Gasteiger partial charge in [0.1, 0.15) is 0 Å². The molecule has 1 saturated carbocycles. The van der Waals surface area contributed by atoms with Gasteiger partial charge in [0.2, 0.25) is 0 Å². The summed E-state index contributed by atoms with van der Waals surface area (Å²) in [6.07, 6.45) is 2.65. The Morgan fingerprint density at radius 1 is 1.33 bits per heavy atom. The standard InChI is InChI=1S/C14H25N3S/c1-9(2)13-12(8-15-10(3)4)18-14(16-13)17(5)11-6-7-11/h9-11,15H,6-8H2,1-5H3. The van der Waals surface area contributed by atoms with E-state index in [4.69, 9.17) is 4.98 Å². The number of hydrogen-bond donors (Lipinski definition) is 1. The molecule has 1 aliphatic carbocycles. The highest BCUT2D eigenvalue weighted by molar-refractivity contribution is 7.15. The predicted molar refractivity (Wildman–Crippen MR) is 79.6 cm³/mol. The molecule has 0 radical (unpaired) electrons. The van der Waals surface area contributed by atoms with Crippen LogP contribution in [0.2, 0.25) is 0 Å². The first-order chi connectivity index (χ1) is 8.49. The van der Waals surface area contributed by atoms with Crippen LogP contribution in [0.4, 0.5) is 5.13 Å². The molecule has 102 valence electrons. The van der Waals surface area contributed by atoms with E-state index in [0.717, 1.165) is 12.6 Å². The topological polar surface area (TPSA) is 28.2 Å². The molecule has 1 aromatic heterocycles. The maximum Gasteiger partial charge on any atom is 0.185 e. The van der Waals surface area contributed by atoms with Crippen LogP contribution in [-0.2, 0) is 6.54 Å². The number of nitrogens with zero attached hydrogens (tertiary/aromatic N) is 2. The van der Waals surface area contributed by atoms with E-state index in [1.165, 1.54) is 28.5 Å². The molecule has 0 spiro atoms. The lowest BCUT2D eigenvalue weighted by Crippen LogP contribution is -2.22. The molecule has 4 heteroatoms. The lowest BCUT2D eigenvalue weighted by atomic mass is 10.1. The van der Waals surface area contributed by atoms with E-state index in [9.17, 15) is 0 Å². The molecule has 0 saturated heterocycles. The largest absolute Gasteiger partial charge is 0.348 e. The minimum atomic E-state index is 0.506. The van der Waals surface area contributed by atoms with Gasteiger partial charge in [0.25, 0.3) is 0 Å². The summed E-state index contributed by atoms with van der Waals surface area (Å²) in [5.41, 5.74) is 1.27. The maximum atomic E-state index is 4.85. The molecule has 0 atom stereocenters. The van der Waals surface area contributed by atoms with E-state index in [-0.39, 0.29) is 0 Å². The van der Waals surface area contributed by atoms with Gasteiger partial charge in [-0.05, 0) is 18.8 Å². The Balaban J connectivity index is 2.14. The van der Waals surface area contributed by atoms with Crippen LogP contribution in [0.15, 0.2) is 0 Å². The van der Waals surface area contributed by atoms with Crippen molar-refractivity contribution in [1.82, 2.24) is 10.3 Å². The summed E-state index contributed by atoms with van der Waals surface area (Å²) in [6, 6.07) is 1.26. The molecule has 1 aliphatic rings. The Morgan fingerprint density at radius 3 is 2.50 bits per heavy atom. The number of hydrogen-bond acceptors (Lipinski definition) is 4. The third-order valence-electron chi connectivity index (χ3n) is 3.33. The molecular formula is C14H25N3S. The Bertz CT molecular complexity index is 394. The zero-order chi connectivity index (χ0) is 13.3. The highest BCUT2D eigenvalue weighted by Crippen LogP contribution is 2.35. The van der Waals surface area contributed by atoms with Gasteiger partial charge in [0, 0.05) is 30.6 Å². The fourth-order valence-corrected chi connectivity index (χ4v) is 3.19. The van der Waals surface area contributed by atoms with Crippen molar-refractivity contribution in [2.24, 2.45) is 0 Å². The van der Waals surface area contributed by atoms with Crippen molar-refractivity contribution in [3.8, 4) is 0 Å². The molecule has 1 fully saturated rings. The van der Waals surface area contributed by atoms with Crippen LogP contribution >= 0.6 is 11.3 Å². The molecule has 0 amide bonds. The third kappa shape index (κ3) is 3.23. The summed E-state index contributed by atoms with van der Waals surface area (Å²) in [5.74, 6) is 0.506. The number of aromatic nitrogens is 1. The van der Waals surface area contributed by atoms with E-state index in [2.05, 4.69) is 45.0 Å². The Morgan fingerprint density at radius 2 is 2.00 bits per heavy atom. The number of nitrogens with one attached hydrogen (secondary N) is 1. The second-order valence-electron chi connectivity index (χ2n) is 5.84. The fourth-order valence-electron chi connectivity index (χ4n) is 1.99. The van der Waals surface area contributed by atoms with Crippen LogP contribution < -0.4 is 10.2 Å². The first-order valence-corrected chi connectivity index (χ1v) is 7.76. The lowest BCUT2D eigenvalue weighted by molar-refractivity contribution is 0.588. The summed E-state index contributed by atoms with van der Waals surface area (Å²) >= 11 is 1.86. The smallest absolute Gasteiger partial charge is 0.185 e.